The molecule has 0 aliphatic carbocycles. The van der Waals surface area contributed by atoms with Gasteiger partial charge in [0.25, 0.3) is 0 Å². The fourth-order valence-corrected chi connectivity index (χ4v) is 1.93. The molecule has 0 aromatic carbocycles. The van der Waals surface area contributed by atoms with Gasteiger partial charge in [-0.15, -0.1) is 5.10 Å². The fraction of sp³-hybridized carbons (Fsp3) is 0.462. The van der Waals surface area contributed by atoms with Crippen LogP contribution < -0.4 is 5.32 Å². The molecule has 0 spiro atoms. The van der Waals surface area contributed by atoms with E-state index >= 15 is 0 Å². The average molecular weight is 299 g/mol. The summed E-state index contributed by atoms with van der Waals surface area (Å²) < 4.78 is 40.5. The summed E-state index contributed by atoms with van der Waals surface area (Å²) in [5, 5.41) is 10.4. The molecule has 2 aromatic heterocycles. The molecule has 2 rings (SSSR count). The Hall–Kier alpha value is -2.12. The van der Waals surface area contributed by atoms with Crippen LogP contribution in [-0.4, -0.2) is 26.5 Å². The summed E-state index contributed by atoms with van der Waals surface area (Å²) >= 11 is 0. The SMILES string of the molecule is CCCn1nncc1-c1cc(C(F)(F)F)cc(NCC)n1. The van der Waals surface area contributed by atoms with Crippen molar-refractivity contribution in [2.45, 2.75) is 33.0 Å². The van der Waals surface area contributed by atoms with Crippen LogP contribution in [0.2, 0.25) is 0 Å². The highest BCUT2D eigenvalue weighted by Crippen LogP contribution is 2.33. The molecule has 2 heterocycles. The minimum Gasteiger partial charge on any atom is -0.370 e. The summed E-state index contributed by atoms with van der Waals surface area (Å²) in [5.41, 5.74) is -0.0611. The van der Waals surface area contributed by atoms with Crippen LogP contribution in [0.5, 0.6) is 0 Å². The summed E-state index contributed by atoms with van der Waals surface area (Å²) in [6.07, 6.45) is -2.20. The monoisotopic (exact) mass is 299 g/mol. The van der Waals surface area contributed by atoms with Gasteiger partial charge in [0, 0.05) is 13.1 Å². The zero-order valence-corrected chi connectivity index (χ0v) is 11.8. The third-order valence-corrected chi connectivity index (χ3v) is 2.83. The number of halogens is 3. The van der Waals surface area contributed by atoms with Gasteiger partial charge in [0.2, 0.25) is 0 Å². The van der Waals surface area contributed by atoms with Crippen LogP contribution in [0.25, 0.3) is 11.4 Å². The minimum atomic E-state index is -4.43. The Kier molecular flexibility index (Phi) is 4.44. The Labute approximate surface area is 120 Å². The summed E-state index contributed by atoms with van der Waals surface area (Å²) in [6.45, 7) is 4.81. The number of aryl methyl sites for hydroxylation is 1. The van der Waals surface area contributed by atoms with E-state index in [1.807, 2.05) is 6.92 Å². The van der Waals surface area contributed by atoms with Crippen molar-refractivity contribution in [3.8, 4) is 11.4 Å². The highest BCUT2D eigenvalue weighted by Gasteiger charge is 2.32. The Morgan fingerprint density at radius 3 is 2.62 bits per heavy atom. The van der Waals surface area contributed by atoms with Gasteiger partial charge in [-0.1, -0.05) is 12.1 Å². The first-order valence-corrected chi connectivity index (χ1v) is 6.67. The Balaban J connectivity index is 2.51. The van der Waals surface area contributed by atoms with E-state index in [2.05, 4.69) is 20.6 Å². The molecule has 0 unspecified atom stereocenters. The van der Waals surface area contributed by atoms with E-state index in [1.165, 1.54) is 6.20 Å². The van der Waals surface area contributed by atoms with E-state index < -0.39 is 11.7 Å². The Morgan fingerprint density at radius 2 is 2.00 bits per heavy atom. The highest BCUT2D eigenvalue weighted by molar-refractivity contribution is 5.58. The number of hydrogen-bond donors (Lipinski definition) is 1. The quantitative estimate of drug-likeness (QED) is 0.921. The summed E-state index contributed by atoms with van der Waals surface area (Å²) in [5.74, 6) is 0.187. The molecule has 0 fully saturated rings. The predicted octanol–water partition coefficient (Wildman–Crippen LogP) is 3.20. The lowest BCUT2D eigenvalue weighted by atomic mass is 10.2. The number of hydrogen-bond acceptors (Lipinski definition) is 4. The van der Waals surface area contributed by atoms with E-state index in [0.29, 0.717) is 18.8 Å². The smallest absolute Gasteiger partial charge is 0.370 e. The fourth-order valence-electron chi connectivity index (χ4n) is 1.93. The first-order valence-electron chi connectivity index (χ1n) is 6.67. The Morgan fingerprint density at radius 1 is 1.24 bits per heavy atom. The number of rotatable bonds is 5. The molecule has 0 radical (unpaired) electrons. The zero-order chi connectivity index (χ0) is 15.5. The highest BCUT2D eigenvalue weighted by atomic mass is 19.4. The lowest BCUT2D eigenvalue weighted by Crippen LogP contribution is -2.10. The van der Waals surface area contributed by atoms with Crippen LogP contribution in [0.3, 0.4) is 0 Å². The molecule has 0 aliphatic heterocycles. The van der Waals surface area contributed by atoms with Crippen molar-refractivity contribution < 1.29 is 13.2 Å². The van der Waals surface area contributed by atoms with Crippen molar-refractivity contribution in [3.05, 3.63) is 23.9 Å². The van der Waals surface area contributed by atoms with Crippen molar-refractivity contribution in [2.75, 3.05) is 11.9 Å². The van der Waals surface area contributed by atoms with Gasteiger partial charge in [-0.2, -0.15) is 13.2 Å². The maximum absolute atomic E-state index is 13.0. The largest absolute Gasteiger partial charge is 0.416 e. The van der Waals surface area contributed by atoms with Crippen LogP contribution in [0.1, 0.15) is 25.8 Å². The molecule has 0 saturated heterocycles. The molecule has 5 nitrogen and oxygen atoms in total. The maximum atomic E-state index is 13.0. The lowest BCUT2D eigenvalue weighted by Gasteiger charge is -2.12. The number of pyridine rings is 1. The molecule has 0 saturated carbocycles. The molecular formula is C13H16F3N5. The molecule has 0 atom stereocenters. The van der Waals surface area contributed by atoms with Crippen molar-refractivity contribution in [1.82, 2.24) is 20.0 Å². The van der Waals surface area contributed by atoms with Gasteiger partial charge in [-0.25, -0.2) is 9.67 Å². The van der Waals surface area contributed by atoms with Gasteiger partial charge in [-0.3, -0.25) is 0 Å². The lowest BCUT2D eigenvalue weighted by molar-refractivity contribution is -0.137. The van der Waals surface area contributed by atoms with Crippen LogP contribution in [0.15, 0.2) is 18.3 Å². The van der Waals surface area contributed by atoms with Crippen LogP contribution in [-0.2, 0) is 12.7 Å². The van der Waals surface area contributed by atoms with Crippen molar-refractivity contribution in [3.63, 3.8) is 0 Å². The van der Waals surface area contributed by atoms with Crippen LogP contribution in [0, 0.1) is 0 Å². The van der Waals surface area contributed by atoms with Gasteiger partial charge in [0.1, 0.15) is 11.5 Å². The summed E-state index contributed by atoms with van der Waals surface area (Å²) in [6, 6.07) is 2.02. The van der Waals surface area contributed by atoms with Gasteiger partial charge in [-0.05, 0) is 25.5 Å². The average Bonchev–Trinajstić information content (AvgIpc) is 2.86. The maximum Gasteiger partial charge on any atom is 0.416 e. The van der Waals surface area contributed by atoms with Gasteiger partial charge >= 0.3 is 6.18 Å². The topological polar surface area (TPSA) is 55.6 Å². The van der Waals surface area contributed by atoms with E-state index in [1.54, 1.807) is 11.6 Å². The van der Waals surface area contributed by atoms with Gasteiger partial charge in [0.05, 0.1) is 17.5 Å². The molecular weight excluding hydrogens is 283 g/mol. The van der Waals surface area contributed by atoms with E-state index in [9.17, 15) is 13.2 Å². The van der Waals surface area contributed by atoms with E-state index in [4.69, 9.17) is 0 Å². The molecule has 1 N–H and O–H groups in total. The van der Waals surface area contributed by atoms with Crippen molar-refractivity contribution >= 4 is 5.82 Å². The molecule has 21 heavy (non-hydrogen) atoms. The second-order valence-corrected chi connectivity index (χ2v) is 4.50. The summed E-state index contributed by atoms with van der Waals surface area (Å²) in [7, 11) is 0. The molecule has 2 aromatic rings. The van der Waals surface area contributed by atoms with Gasteiger partial charge < -0.3 is 5.32 Å². The first kappa shape index (κ1) is 15.3. The molecule has 114 valence electrons. The Bertz CT molecular complexity index is 606. The standard InChI is InChI=1S/C13H16F3N5/c1-3-5-21-11(8-18-20-21)10-6-9(13(14,15)16)7-12(19-10)17-4-2/h6-8H,3-5H2,1-2H3,(H,17,19). The van der Waals surface area contributed by atoms with E-state index in [-0.39, 0.29) is 11.5 Å². The molecule has 8 heteroatoms. The zero-order valence-electron chi connectivity index (χ0n) is 11.8. The molecule has 0 aliphatic rings. The normalized spacial score (nSPS) is 11.7. The third kappa shape index (κ3) is 3.50. The second-order valence-electron chi connectivity index (χ2n) is 4.50. The predicted molar refractivity (Wildman–Crippen MR) is 72.7 cm³/mol. The minimum absolute atomic E-state index is 0.187. The molecule has 0 bridgehead atoms. The second kappa shape index (κ2) is 6.11. The van der Waals surface area contributed by atoms with Crippen molar-refractivity contribution in [2.24, 2.45) is 0 Å². The number of aromatic nitrogens is 4. The number of nitrogens with zero attached hydrogens (tertiary/aromatic N) is 4. The number of alkyl halides is 3. The van der Waals surface area contributed by atoms with Crippen LogP contribution >= 0.6 is 0 Å². The van der Waals surface area contributed by atoms with Gasteiger partial charge in [0.15, 0.2) is 0 Å². The third-order valence-electron chi connectivity index (χ3n) is 2.83. The first-order chi connectivity index (χ1) is 9.95. The summed E-state index contributed by atoms with van der Waals surface area (Å²) in [4.78, 5) is 4.21. The molecule has 0 amide bonds. The van der Waals surface area contributed by atoms with Crippen LogP contribution in [0.4, 0.5) is 19.0 Å². The number of nitrogens with one attached hydrogen (secondary N) is 1. The van der Waals surface area contributed by atoms with E-state index in [0.717, 1.165) is 18.6 Å². The number of anilines is 1. The van der Waals surface area contributed by atoms with Crippen molar-refractivity contribution in [1.29, 1.82) is 0 Å².